The molecular formula is C19H18BrFN4O. The van der Waals surface area contributed by atoms with Crippen LogP contribution in [0.15, 0.2) is 47.1 Å². The molecule has 0 spiro atoms. The Morgan fingerprint density at radius 2 is 2.00 bits per heavy atom. The van der Waals surface area contributed by atoms with Crippen molar-refractivity contribution in [3.05, 3.63) is 52.9 Å². The molecule has 1 aromatic heterocycles. The summed E-state index contributed by atoms with van der Waals surface area (Å²) in [6, 6.07) is 10.6. The Balaban J connectivity index is 1.55. The van der Waals surface area contributed by atoms with Crippen LogP contribution in [0, 0.1) is 5.82 Å². The van der Waals surface area contributed by atoms with Gasteiger partial charge in [-0.15, -0.1) is 0 Å². The second-order valence-electron chi connectivity index (χ2n) is 6.24. The highest BCUT2D eigenvalue weighted by molar-refractivity contribution is 9.10. The van der Waals surface area contributed by atoms with Gasteiger partial charge in [-0.1, -0.05) is 0 Å². The van der Waals surface area contributed by atoms with Crippen molar-refractivity contribution in [3.63, 3.8) is 0 Å². The van der Waals surface area contributed by atoms with Crippen molar-refractivity contribution in [2.24, 2.45) is 0 Å². The van der Waals surface area contributed by atoms with Gasteiger partial charge in [0.2, 0.25) is 5.95 Å². The van der Waals surface area contributed by atoms with E-state index in [4.69, 9.17) is 4.74 Å². The first kappa shape index (κ1) is 17.2. The average Bonchev–Trinajstić information content (AvgIpc) is 2.65. The zero-order valence-corrected chi connectivity index (χ0v) is 15.6. The van der Waals surface area contributed by atoms with Gasteiger partial charge in [0.05, 0.1) is 9.99 Å². The predicted molar refractivity (Wildman–Crippen MR) is 103 cm³/mol. The van der Waals surface area contributed by atoms with Gasteiger partial charge in [0.1, 0.15) is 17.7 Å². The topological polar surface area (TPSA) is 59.1 Å². The largest absolute Gasteiger partial charge is 0.490 e. The van der Waals surface area contributed by atoms with Crippen LogP contribution in [0.3, 0.4) is 0 Å². The lowest BCUT2D eigenvalue weighted by atomic mass is 10.1. The third-order valence-electron chi connectivity index (χ3n) is 4.32. The third-order valence-corrected chi connectivity index (χ3v) is 4.96. The van der Waals surface area contributed by atoms with E-state index in [1.165, 1.54) is 6.07 Å². The zero-order chi connectivity index (χ0) is 17.9. The summed E-state index contributed by atoms with van der Waals surface area (Å²) in [4.78, 5) is 8.82. The fourth-order valence-corrected chi connectivity index (χ4v) is 3.19. The minimum absolute atomic E-state index is 0.235. The van der Waals surface area contributed by atoms with E-state index in [-0.39, 0.29) is 11.9 Å². The van der Waals surface area contributed by atoms with Gasteiger partial charge in [-0.05, 0) is 72.2 Å². The zero-order valence-electron chi connectivity index (χ0n) is 14.0. The molecule has 2 aromatic carbocycles. The van der Waals surface area contributed by atoms with Crippen molar-refractivity contribution in [2.45, 2.75) is 18.9 Å². The smallest absolute Gasteiger partial charge is 0.227 e. The second kappa shape index (κ2) is 7.55. The molecule has 134 valence electrons. The minimum atomic E-state index is -0.339. The van der Waals surface area contributed by atoms with Crippen molar-refractivity contribution in [1.29, 1.82) is 0 Å². The van der Waals surface area contributed by atoms with E-state index < -0.39 is 0 Å². The molecule has 5 nitrogen and oxygen atoms in total. The number of halogens is 2. The molecule has 1 aliphatic rings. The lowest BCUT2D eigenvalue weighted by Gasteiger charge is -2.23. The van der Waals surface area contributed by atoms with Crippen molar-refractivity contribution >= 4 is 38.5 Å². The van der Waals surface area contributed by atoms with Crippen LogP contribution in [-0.2, 0) is 0 Å². The molecule has 0 saturated carbocycles. The third kappa shape index (κ3) is 3.94. The second-order valence-corrected chi connectivity index (χ2v) is 7.09. The summed E-state index contributed by atoms with van der Waals surface area (Å²) in [7, 11) is 0. The summed E-state index contributed by atoms with van der Waals surface area (Å²) in [6.45, 7) is 1.97. The van der Waals surface area contributed by atoms with Crippen molar-refractivity contribution in [3.8, 4) is 5.75 Å². The quantitative estimate of drug-likeness (QED) is 0.659. The van der Waals surface area contributed by atoms with Gasteiger partial charge in [0.15, 0.2) is 0 Å². The van der Waals surface area contributed by atoms with Gasteiger partial charge in [0.25, 0.3) is 0 Å². The Hall–Kier alpha value is -2.25. The van der Waals surface area contributed by atoms with Gasteiger partial charge in [-0.3, -0.25) is 0 Å². The molecule has 4 rings (SSSR count). The number of aromatic nitrogens is 2. The standard InChI is InChI=1S/C19H18BrFN4O/c20-16-4-2-13(9-17(16)21)24-19-23-11-12-1-3-15(10-18(12)25-19)26-14-5-7-22-8-6-14/h1-4,9-11,14,22H,5-8H2,(H,23,24,25). The first-order valence-electron chi connectivity index (χ1n) is 8.54. The highest BCUT2D eigenvalue weighted by atomic mass is 79.9. The summed E-state index contributed by atoms with van der Waals surface area (Å²) in [5.41, 5.74) is 1.37. The maximum absolute atomic E-state index is 13.7. The maximum atomic E-state index is 13.7. The molecule has 0 atom stereocenters. The van der Waals surface area contributed by atoms with Gasteiger partial charge < -0.3 is 15.4 Å². The molecule has 0 amide bonds. The highest BCUT2D eigenvalue weighted by Crippen LogP contribution is 2.24. The number of fused-ring (bicyclic) bond motifs is 1. The Morgan fingerprint density at radius 1 is 1.15 bits per heavy atom. The minimum Gasteiger partial charge on any atom is -0.490 e. The number of rotatable bonds is 4. The van der Waals surface area contributed by atoms with Gasteiger partial charge in [-0.2, -0.15) is 0 Å². The fourth-order valence-electron chi connectivity index (χ4n) is 2.95. The fraction of sp³-hybridized carbons (Fsp3) is 0.263. The number of anilines is 2. The number of hydrogen-bond donors (Lipinski definition) is 2. The van der Waals surface area contributed by atoms with Crippen molar-refractivity contribution in [1.82, 2.24) is 15.3 Å². The first-order valence-corrected chi connectivity index (χ1v) is 9.33. The van der Waals surface area contributed by atoms with Crippen LogP contribution < -0.4 is 15.4 Å². The number of piperidine rings is 1. The SMILES string of the molecule is Fc1cc(Nc2ncc3ccc(OC4CCNCC4)cc3n2)ccc1Br. The summed E-state index contributed by atoms with van der Waals surface area (Å²) in [6.07, 6.45) is 3.99. The van der Waals surface area contributed by atoms with Crippen molar-refractivity contribution in [2.75, 3.05) is 18.4 Å². The Bertz CT molecular complexity index is 931. The molecule has 1 aliphatic heterocycles. The first-order chi connectivity index (χ1) is 12.7. The summed E-state index contributed by atoms with van der Waals surface area (Å²) >= 11 is 3.14. The van der Waals surface area contributed by atoms with Crippen LogP contribution in [0.1, 0.15) is 12.8 Å². The van der Waals surface area contributed by atoms with Crippen LogP contribution in [0.25, 0.3) is 10.9 Å². The van der Waals surface area contributed by atoms with Gasteiger partial charge >= 0.3 is 0 Å². The number of benzene rings is 2. The van der Waals surface area contributed by atoms with E-state index in [2.05, 4.69) is 36.5 Å². The van der Waals surface area contributed by atoms with Crippen LogP contribution in [0.4, 0.5) is 16.0 Å². The Labute approximate surface area is 159 Å². The van der Waals surface area contributed by atoms with Crippen LogP contribution in [-0.4, -0.2) is 29.2 Å². The van der Waals surface area contributed by atoms with Crippen LogP contribution in [0.5, 0.6) is 5.75 Å². The molecule has 0 aliphatic carbocycles. The molecule has 3 aromatic rings. The summed E-state index contributed by atoms with van der Waals surface area (Å²) < 4.78 is 20.2. The maximum Gasteiger partial charge on any atom is 0.227 e. The molecule has 1 fully saturated rings. The van der Waals surface area contributed by atoms with Gasteiger partial charge in [0, 0.05) is 23.3 Å². The Kier molecular flexibility index (Phi) is 4.99. The normalized spacial score (nSPS) is 15.2. The summed E-state index contributed by atoms with van der Waals surface area (Å²) in [5.74, 6) is 0.885. The van der Waals surface area contributed by atoms with E-state index in [1.54, 1.807) is 18.3 Å². The molecule has 1 saturated heterocycles. The van der Waals surface area contributed by atoms with E-state index >= 15 is 0 Å². The molecule has 7 heteroatoms. The molecule has 0 unspecified atom stereocenters. The monoisotopic (exact) mass is 416 g/mol. The lowest BCUT2D eigenvalue weighted by Crippen LogP contribution is -2.34. The number of hydrogen-bond acceptors (Lipinski definition) is 5. The number of ether oxygens (including phenoxy) is 1. The number of nitrogens with one attached hydrogen (secondary N) is 2. The average molecular weight is 417 g/mol. The van der Waals surface area contributed by atoms with E-state index in [1.807, 2.05) is 18.2 Å². The molecular weight excluding hydrogens is 399 g/mol. The van der Waals surface area contributed by atoms with Crippen LogP contribution >= 0.6 is 15.9 Å². The Morgan fingerprint density at radius 3 is 2.81 bits per heavy atom. The van der Waals surface area contributed by atoms with E-state index in [9.17, 15) is 4.39 Å². The van der Waals surface area contributed by atoms with E-state index in [0.29, 0.717) is 16.1 Å². The predicted octanol–water partition coefficient (Wildman–Crippen LogP) is 4.41. The molecule has 26 heavy (non-hydrogen) atoms. The number of nitrogens with zero attached hydrogens (tertiary/aromatic N) is 2. The van der Waals surface area contributed by atoms with Gasteiger partial charge in [-0.25, -0.2) is 14.4 Å². The molecule has 2 N–H and O–H groups in total. The van der Waals surface area contributed by atoms with Crippen LogP contribution in [0.2, 0.25) is 0 Å². The lowest BCUT2D eigenvalue weighted by molar-refractivity contribution is 0.162. The molecule has 0 bridgehead atoms. The van der Waals surface area contributed by atoms with E-state index in [0.717, 1.165) is 42.6 Å². The van der Waals surface area contributed by atoms with Crippen molar-refractivity contribution < 1.29 is 9.13 Å². The molecule has 0 radical (unpaired) electrons. The molecule has 2 heterocycles. The summed E-state index contributed by atoms with van der Waals surface area (Å²) in [5, 5.41) is 7.29. The highest BCUT2D eigenvalue weighted by Gasteiger charge is 2.14.